The second-order valence-electron chi connectivity index (χ2n) is 11.5. The Labute approximate surface area is 239 Å². The summed E-state index contributed by atoms with van der Waals surface area (Å²) in [5.74, 6) is -0.790. The number of hydrogen-bond donors (Lipinski definition) is 1. The second kappa shape index (κ2) is 12.3. The number of carbonyl (C=O) groups is 2. The number of nitrogens with zero attached hydrogens (tertiary/aromatic N) is 2. The molecule has 214 valence electrons. The molecular formula is C32H41N3O4S. The van der Waals surface area contributed by atoms with Gasteiger partial charge in [0.2, 0.25) is 11.8 Å². The maximum absolute atomic E-state index is 14.1. The molecule has 0 aliphatic heterocycles. The second-order valence-corrected chi connectivity index (χ2v) is 13.3. The monoisotopic (exact) mass is 563 g/mol. The van der Waals surface area contributed by atoms with Gasteiger partial charge in [-0.3, -0.25) is 13.9 Å². The summed E-state index contributed by atoms with van der Waals surface area (Å²) >= 11 is 0. The van der Waals surface area contributed by atoms with Gasteiger partial charge in [0.05, 0.1) is 10.6 Å². The Bertz CT molecular complexity index is 1460. The first-order chi connectivity index (χ1) is 18.6. The van der Waals surface area contributed by atoms with E-state index in [4.69, 9.17) is 0 Å². The van der Waals surface area contributed by atoms with Gasteiger partial charge in [0.25, 0.3) is 10.0 Å². The molecule has 8 heteroatoms. The van der Waals surface area contributed by atoms with E-state index < -0.39 is 34.1 Å². The van der Waals surface area contributed by atoms with Crippen molar-refractivity contribution in [1.29, 1.82) is 0 Å². The van der Waals surface area contributed by atoms with E-state index in [1.807, 2.05) is 78.8 Å². The highest BCUT2D eigenvalue weighted by molar-refractivity contribution is 7.92. The van der Waals surface area contributed by atoms with Gasteiger partial charge in [0, 0.05) is 12.1 Å². The quantitative estimate of drug-likeness (QED) is 0.375. The van der Waals surface area contributed by atoms with Crippen LogP contribution in [0.15, 0.2) is 71.6 Å². The first kappa shape index (κ1) is 30.9. The molecule has 3 aromatic carbocycles. The van der Waals surface area contributed by atoms with E-state index in [0.717, 1.165) is 27.8 Å². The molecule has 0 unspecified atom stereocenters. The van der Waals surface area contributed by atoms with E-state index in [9.17, 15) is 18.0 Å². The number of anilines is 1. The maximum Gasteiger partial charge on any atom is 0.264 e. The van der Waals surface area contributed by atoms with Crippen LogP contribution in [0.3, 0.4) is 0 Å². The summed E-state index contributed by atoms with van der Waals surface area (Å²) in [7, 11) is -4.11. The zero-order chi connectivity index (χ0) is 29.8. The average molecular weight is 564 g/mol. The molecule has 2 amide bonds. The predicted octanol–water partition coefficient (Wildman–Crippen LogP) is 5.45. The topological polar surface area (TPSA) is 86.8 Å². The molecule has 7 nitrogen and oxygen atoms in total. The summed E-state index contributed by atoms with van der Waals surface area (Å²) in [6.07, 6.45) is 0. The van der Waals surface area contributed by atoms with E-state index in [0.29, 0.717) is 5.69 Å². The van der Waals surface area contributed by atoms with Crippen molar-refractivity contribution in [1.82, 2.24) is 10.2 Å². The Morgan fingerprint density at radius 1 is 0.850 bits per heavy atom. The third-order valence-electron chi connectivity index (χ3n) is 6.87. The number of aryl methyl sites for hydroxylation is 3. The number of rotatable bonds is 9. The zero-order valence-corrected chi connectivity index (χ0v) is 25.6. The van der Waals surface area contributed by atoms with Crippen molar-refractivity contribution < 1.29 is 18.0 Å². The molecule has 0 bridgehead atoms. The molecule has 1 N–H and O–H groups in total. The van der Waals surface area contributed by atoms with Gasteiger partial charge in [-0.2, -0.15) is 0 Å². The number of sulfonamides is 1. The minimum absolute atomic E-state index is 0.0930. The molecule has 0 fully saturated rings. The Morgan fingerprint density at radius 2 is 1.40 bits per heavy atom. The molecule has 1 atom stereocenters. The van der Waals surface area contributed by atoms with Crippen LogP contribution in [0.5, 0.6) is 0 Å². The number of nitrogens with one attached hydrogen (secondary N) is 1. The van der Waals surface area contributed by atoms with Crippen LogP contribution < -0.4 is 9.62 Å². The van der Waals surface area contributed by atoms with Gasteiger partial charge >= 0.3 is 0 Å². The third kappa shape index (κ3) is 7.50. The molecule has 0 aliphatic carbocycles. The Kier molecular flexibility index (Phi) is 9.46. The lowest BCUT2D eigenvalue weighted by molar-refractivity contribution is -0.140. The summed E-state index contributed by atoms with van der Waals surface area (Å²) in [5.41, 5.74) is 4.44. The average Bonchev–Trinajstić information content (AvgIpc) is 2.87. The fourth-order valence-electron chi connectivity index (χ4n) is 4.30. The molecular weight excluding hydrogens is 522 g/mol. The smallest absolute Gasteiger partial charge is 0.264 e. The standard InChI is InChI=1S/C32H41N3O4S/c1-22-12-16-27(17-13-22)20-34(26(5)31(37)33-32(6,7)8)30(36)21-35(29-11-9-10-24(3)25(29)4)40(38,39)28-18-14-23(2)15-19-28/h9-19,26H,20-21H2,1-8H3,(H,33,37)/t26-/m0/s1. The fraction of sp³-hybridized carbons (Fsp3) is 0.375. The summed E-state index contributed by atoms with van der Waals surface area (Å²) in [5, 5.41) is 2.95. The minimum Gasteiger partial charge on any atom is -0.350 e. The number of hydrogen-bond acceptors (Lipinski definition) is 4. The maximum atomic E-state index is 14.1. The van der Waals surface area contributed by atoms with Crippen LogP contribution in [0.4, 0.5) is 5.69 Å². The van der Waals surface area contributed by atoms with Crippen LogP contribution in [-0.4, -0.2) is 43.3 Å². The highest BCUT2D eigenvalue weighted by Gasteiger charge is 2.34. The van der Waals surface area contributed by atoms with Crippen molar-refractivity contribution in [2.45, 2.75) is 78.4 Å². The molecule has 0 heterocycles. The lowest BCUT2D eigenvalue weighted by atomic mass is 10.1. The molecule has 0 radical (unpaired) electrons. The van der Waals surface area contributed by atoms with Crippen LogP contribution in [0.25, 0.3) is 0 Å². The molecule has 3 aromatic rings. The van der Waals surface area contributed by atoms with Crippen LogP contribution in [0.2, 0.25) is 0 Å². The highest BCUT2D eigenvalue weighted by Crippen LogP contribution is 2.29. The van der Waals surface area contributed by atoms with Gasteiger partial charge in [-0.1, -0.05) is 59.7 Å². The van der Waals surface area contributed by atoms with E-state index >= 15 is 0 Å². The van der Waals surface area contributed by atoms with Crippen molar-refractivity contribution in [3.05, 3.63) is 94.5 Å². The van der Waals surface area contributed by atoms with Crippen LogP contribution in [-0.2, 0) is 26.2 Å². The zero-order valence-electron chi connectivity index (χ0n) is 24.8. The highest BCUT2D eigenvalue weighted by atomic mass is 32.2. The van der Waals surface area contributed by atoms with Gasteiger partial charge in [-0.15, -0.1) is 0 Å². The van der Waals surface area contributed by atoms with Crippen molar-refractivity contribution in [3.63, 3.8) is 0 Å². The fourth-order valence-corrected chi connectivity index (χ4v) is 5.78. The van der Waals surface area contributed by atoms with Gasteiger partial charge in [-0.05, 0) is 90.3 Å². The van der Waals surface area contributed by atoms with Crippen molar-refractivity contribution in [2.24, 2.45) is 0 Å². The molecule has 0 spiro atoms. The lowest BCUT2D eigenvalue weighted by Gasteiger charge is -2.34. The van der Waals surface area contributed by atoms with Gasteiger partial charge < -0.3 is 10.2 Å². The van der Waals surface area contributed by atoms with E-state index in [-0.39, 0.29) is 17.3 Å². The van der Waals surface area contributed by atoms with Crippen LogP contribution >= 0.6 is 0 Å². The van der Waals surface area contributed by atoms with E-state index in [1.54, 1.807) is 43.3 Å². The molecule has 0 aliphatic rings. The van der Waals surface area contributed by atoms with E-state index in [2.05, 4.69) is 5.32 Å². The van der Waals surface area contributed by atoms with Crippen molar-refractivity contribution in [3.8, 4) is 0 Å². The Morgan fingerprint density at radius 3 is 1.95 bits per heavy atom. The Balaban J connectivity index is 2.08. The molecule has 3 rings (SSSR count). The summed E-state index contributed by atoms with van der Waals surface area (Å²) in [6.45, 7) is 14.6. The number of benzene rings is 3. The largest absolute Gasteiger partial charge is 0.350 e. The number of carbonyl (C=O) groups excluding carboxylic acids is 2. The summed E-state index contributed by atoms with van der Waals surface area (Å²) < 4.78 is 29.2. The van der Waals surface area contributed by atoms with Gasteiger partial charge in [0.15, 0.2) is 0 Å². The van der Waals surface area contributed by atoms with Crippen molar-refractivity contribution in [2.75, 3.05) is 10.8 Å². The predicted molar refractivity (Wildman–Crippen MR) is 161 cm³/mol. The summed E-state index contributed by atoms with van der Waals surface area (Å²) in [4.78, 5) is 28.8. The number of amides is 2. The molecule has 0 saturated carbocycles. The van der Waals surface area contributed by atoms with Crippen LogP contribution in [0.1, 0.15) is 55.5 Å². The normalized spacial score (nSPS) is 12.5. The molecule has 0 saturated heterocycles. The summed E-state index contributed by atoms with van der Waals surface area (Å²) in [6, 6.07) is 18.8. The van der Waals surface area contributed by atoms with E-state index in [1.165, 1.54) is 9.21 Å². The molecule has 40 heavy (non-hydrogen) atoms. The van der Waals surface area contributed by atoms with Crippen LogP contribution in [0, 0.1) is 27.7 Å². The first-order valence-electron chi connectivity index (χ1n) is 13.4. The molecule has 0 aromatic heterocycles. The van der Waals surface area contributed by atoms with Crippen molar-refractivity contribution >= 4 is 27.5 Å². The minimum atomic E-state index is -4.11. The first-order valence-corrected chi connectivity index (χ1v) is 14.9. The lowest BCUT2D eigenvalue weighted by Crippen LogP contribution is -2.54. The SMILES string of the molecule is Cc1ccc(CN(C(=O)CN(c2cccc(C)c2C)S(=O)(=O)c2ccc(C)cc2)[C@@H](C)C(=O)NC(C)(C)C)cc1. The van der Waals surface area contributed by atoms with Gasteiger partial charge in [0.1, 0.15) is 12.6 Å². The van der Waals surface area contributed by atoms with Gasteiger partial charge in [-0.25, -0.2) is 8.42 Å². The Hall–Kier alpha value is -3.65. The third-order valence-corrected chi connectivity index (χ3v) is 8.65.